The van der Waals surface area contributed by atoms with Crippen molar-refractivity contribution in [3.05, 3.63) is 65.1 Å². The SMILES string of the molecule is CC1(C)c2c([c-]cc(F)c2C#N)-c2nccc3cccc1c23.[Ir]. The maximum Gasteiger partial charge on any atom is 0.0821 e. The zero-order chi connectivity index (χ0) is 15.5. The third kappa shape index (κ3) is 1.97. The van der Waals surface area contributed by atoms with E-state index in [1.165, 1.54) is 6.07 Å². The molecule has 2 nitrogen and oxygen atoms in total. The Kier molecular flexibility index (Phi) is 3.59. The van der Waals surface area contributed by atoms with Crippen LogP contribution in [0.5, 0.6) is 0 Å². The van der Waals surface area contributed by atoms with Gasteiger partial charge in [-0.05, 0) is 33.5 Å². The number of pyridine rings is 1. The number of hydrogen-bond acceptors (Lipinski definition) is 2. The van der Waals surface area contributed by atoms with Gasteiger partial charge in [0.25, 0.3) is 0 Å². The summed E-state index contributed by atoms with van der Waals surface area (Å²) in [6, 6.07) is 14.3. The molecule has 0 spiro atoms. The predicted octanol–water partition coefficient (Wildman–Crippen LogP) is 4.35. The van der Waals surface area contributed by atoms with E-state index < -0.39 is 11.2 Å². The van der Waals surface area contributed by atoms with E-state index in [2.05, 4.69) is 11.1 Å². The first-order valence-electron chi connectivity index (χ1n) is 7.09. The largest absolute Gasteiger partial charge is 0.304 e. The van der Waals surface area contributed by atoms with Crippen LogP contribution < -0.4 is 0 Å². The van der Waals surface area contributed by atoms with Gasteiger partial charge in [0.2, 0.25) is 0 Å². The fourth-order valence-electron chi connectivity index (χ4n) is 3.52. The third-order valence-corrected chi connectivity index (χ3v) is 4.52. The van der Waals surface area contributed by atoms with Gasteiger partial charge in [0.15, 0.2) is 0 Å². The van der Waals surface area contributed by atoms with Crippen molar-refractivity contribution in [2.24, 2.45) is 0 Å². The van der Waals surface area contributed by atoms with Crippen molar-refractivity contribution >= 4 is 10.8 Å². The molecule has 0 unspecified atom stereocenters. The van der Waals surface area contributed by atoms with Crippen LogP contribution in [0.2, 0.25) is 0 Å². The van der Waals surface area contributed by atoms with Crippen molar-refractivity contribution in [1.29, 1.82) is 5.26 Å². The minimum atomic E-state index is -0.527. The molecule has 4 heteroatoms. The number of benzene rings is 2. The monoisotopic (exact) mass is 480 g/mol. The van der Waals surface area contributed by atoms with E-state index in [1.807, 2.05) is 44.2 Å². The van der Waals surface area contributed by atoms with Gasteiger partial charge in [-0.25, -0.2) is 0 Å². The van der Waals surface area contributed by atoms with E-state index in [1.54, 1.807) is 6.20 Å². The Morgan fingerprint density at radius 1 is 1.26 bits per heavy atom. The number of nitrogens with zero attached hydrogens (tertiary/aromatic N) is 2. The number of halogens is 1. The van der Waals surface area contributed by atoms with Crippen molar-refractivity contribution in [3.8, 4) is 17.3 Å². The molecule has 1 heterocycles. The Bertz CT molecular complexity index is 981. The normalized spacial score (nSPS) is 13.8. The van der Waals surface area contributed by atoms with Crippen LogP contribution in [0.25, 0.3) is 22.0 Å². The van der Waals surface area contributed by atoms with Gasteiger partial charge in [-0.2, -0.15) is 5.26 Å². The Morgan fingerprint density at radius 2 is 2.04 bits per heavy atom. The van der Waals surface area contributed by atoms with Gasteiger partial charge in [-0.1, -0.05) is 37.6 Å². The third-order valence-electron chi connectivity index (χ3n) is 4.52. The van der Waals surface area contributed by atoms with Gasteiger partial charge in [0, 0.05) is 31.9 Å². The Hall–Kier alpha value is -2.08. The molecule has 1 aromatic heterocycles. The molecule has 1 aliphatic rings. The zero-order valence-corrected chi connectivity index (χ0v) is 15.0. The van der Waals surface area contributed by atoms with Gasteiger partial charge in [0.1, 0.15) is 0 Å². The molecular weight excluding hydrogens is 467 g/mol. The molecule has 0 atom stereocenters. The summed E-state index contributed by atoms with van der Waals surface area (Å²) >= 11 is 0. The number of hydrogen-bond donors (Lipinski definition) is 0. The first-order chi connectivity index (χ1) is 10.6. The number of rotatable bonds is 0. The molecule has 23 heavy (non-hydrogen) atoms. The van der Waals surface area contributed by atoms with Crippen LogP contribution >= 0.6 is 0 Å². The summed E-state index contributed by atoms with van der Waals surface area (Å²) in [5, 5.41) is 11.6. The molecule has 1 aliphatic carbocycles. The summed E-state index contributed by atoms with van der Waals surface area (Å²) in [6.07, 6.45) is 1.74. The fourth-order valence-corrected chi connectivity index (χ4v) is 3.52. The van der Waals surface area contributed by atoms with E-state index >= 15 is 0 Å². The molecule has 0 saturated heterocycles. The van der Waals surface area contributed by atoms with Crippen molar-refractivity contribution in [3.63, 3.8) is 0 Å². The molecule has 115 valence electrons. The minimum Gasteiger partial charge on any atom is -0.304 e. The summed E-state index contributed by atoms with van der Waals surface area (Å²) in [5.41, 5.74) is 2.86. The van der Waals surface area contributed by atoms with E-state index in [9.17, 15) is 9.65 Å². The molecule has 3 aromatic rings. The van der Waals surface area contributed by atoms with Crippen LogP contribution in [0.3, 0.4) is 0 Å². The van der Waals surface area contributed by atoms with Crippen LogP contribution in [-0.4, -0.2) is 4.98 Å². The first kappa shape index (κ1) is 15.8. The standard InChI is InChI=1S/C19H12FN2.Ir/c1-19(2)14-5-3-4-11-8-9-22-18(16(11)14)12-6-7-15(20)13(10-21)17(12)19;/h3-5,7-9H,1-2H3;/q-1;. The van der Waals surface area contributed by atoms with E-state index in [0.29, 0.717) is 5.56 Å². The molecule has 0 bridgehead atoms. The summed E-state index contributed by atoms with van der Waals surface area (Å²) < 4.78 is 14.1. The van der Waals surface area contributed by atoms with E-state index in [0.717, 1.165) is 27.6 Å². The summed E-state index contributed by atoms with van der Waals surface area (Å²) in [7, 11) is 0. The van der Waals surface area contributed by atoms with Crippen LogP contribution in [0, 0.1) is 23.2 Å². The van der Waals surface area contributed by atoms with Gasteiger partial charge in [-0.15, -0.1) is 17.7 Å². The average molecular weight is 480 g/mol. The van der Waals surface area contributed by atoms with Crippen molar-refractivity contribution in [1.82, 2.24) is 4.98 Å². The number of fused-ring (bicyclic) bond motifs is 2. The van der Waals surface area contributed by atoms with Gasteiger partial charge in [0.05, 0.1) is 11.9 Å². The molecule has 2 aromatic carbocycles. The number of aromatic nitrogens is 1. The van der Waals surface area contributed by atoms with Crippen LogP contribution in [0.4, 0.5) is 4.39 Å². The number of nitriles is 1. The smallest absolute Gasteiger partial charge is 0.0821 e. The molecular formula is C19H12FIrN2-. The van der Waals surface area contributed by atoms with Gasteiger partial charge in [-0.3, -0.25) is 4.39 Å². The Labute approximate surface area is 147 Å². The molecule has 0 saturated carbocycles. The van der Waals surface area contributed by atoms with Crippen LogP contribution in [0.1, 0.15) is 30.5 Å². The second-order valence-electron chi connectivity index (χ2n) is 6.06. The molecule has 4 rings (SSSR count). The van der Waals surface area contributed by atoms with Crippen molar-refractivity contribution in [2.75, 3.05) is 0 Å². The molecule has 0 fully saturated rings. The molecule has 0 amide bonds. The quantitative estimate of drug-likeness (QED) is 0.450. The minimum absolute atomic E-state index is 0. The summed E-state index contributed by atoms with van der Waals surface area (Å²) in [4.78, 5) is 4.49. The molecule has 1 radical (unpaired) electrons. The van der Waals surface area contributed by atoms with E-state index in [4.69, 9.17) is 0 Å². The predicted molar refractivity (Wildman–Crippen MR) is 82.8 cm³/mol. The van der Waals surface area contributed by atoms with Crippen molar-refractivity contribution in [2.45, 2.75) is 19.3 Å². The summed E-state index contributed by atoms with van der Waals surface area (Å²) in [6.45, 7) is 4.04. The van der Waals surface area contributed by atoms with Gasteiger partial charge >= 0.3 is 0 Å². The first-order valence-corrected chi connectivity index (χ1v) is 7.09. The topological polar surface area (TPSA) is 36.7 Å². The summed E-state index contributed by atoms with van der Waals surface area (Å²) in [5.74, 6) is -0.527. The van der Waals surface area contributed by atoms with Crippen molar-refractivity contribution < 1.29 is 24.5 Å². The van der Waals surface area contributed by atoms with E-state index in [-0.39, 0.29) is 25.7 Å². The fraction of sp³-hybridized carbons (Fsp3) is 0.158. The second-order valence-corrected chi connectivity index (χ2v) is 6.06. The zero-order valence-electron chi connectivity index (χ0n) is 12.6. The Morgan fingerprint density at radius 3 is 2.78 bits per heavy atom. The molecule has 0 N–H and O–H groups in total. The van der Waals surface area contributed by atoms with Crippen LogP contribution in [0.15, 0.2) is 36.5 Å². The Balaban J connectivity index is 0.00000156. The maximum atomic E-state index is 14.1. The maximum absolute atomic E-state index is 14.1. The van der Waals surface area contributed by atoms with Gasteiger partial charge < -0.3 is 4.98 Å². The van der Waals surface area contributed by atoms with Crippen LogP contribution in [-0.2, 0) is 25.5 Å². The average Bonchev–Trinajstić information content (AvgIpc) is 2.52. The second kappa shape index (κ2) is 5.23. The molecule has 0 aliphatic heterocycles.